The van der Waals surface area contributed by atoms with Gasteiger partial charge in [-0.25, -0.2) is 4.98 Å². The molecule has 28 heavy (non-hydrogen) atoms. The predicted octanol–water partition coefficient (Wildman–Crippen LogP) is 4.13. The number of hydrogen-bond donors (Lipinski definition) is 1. The Bertz CT molecular complexity index is 722. The SMILES string of the molecule is CC(=O)Nc1cnc(OC(C)CCOCCCOCc2ccccc2)cc1C. The standard InChI is InChI=1S/C22H30N2O4/c1-17-14-22(23-15-21(17)24-19(3)25)28-18(2)10-13-26-11-7-12-27-16-20-8-5-4-6-9-20/h4-6,8-9,14-15,18H,7,10-13,16H2,1-3H3,(H,24,25). The maximum Gasteiger partial charge on any atom is 0.221 e. The summed E-state index contributed by atoms with van der Waals surface area (Å²) < 4.78 is 17.1. The lowest BCUT2D eigenvalue weighted by Gasteiger charge is -2.15. The minimum Gasteiger partial charge on any atom is -0.475 e. The number of hydrogen-bond acceptors (Lipinski definition) is 5. The van der Waals surface area contributed by atoms with Crippen LogP contribution in [0.1, 0.15) is 37.8 Å². The lowest BCUT2D eigenvalue weighted by atomic mass is 10.2. The third kappa shape index (κ3) is 8.50. The zero-order valence-electron chi connectivity index (χ0n) is 16.9. The van der Waals surface area contributed by atoms with Gasteiger partial charge in [-0.3, -0.25) is 4.79 Å². The molecule has 0 aliphatic carbocycles. The molecule has 1 atom stereocenters. The van der Waals surface area contributed by atoms with E-state index in [9.17, 15) is 4.79 Å². The lowest BCUT2D eigenvalue weighted by molar-refractivity contribution is -0.114. The van der Waals surface area contributed by atoms with Crippen molar-refractivity contribution in [3.05, 3.63) is 53.7 Å². The van der Waals surface area contributed by atoms with Gasteiger partial charge in [-0.1, -0.05) is 30.3 Å². The number of carbonyl (C=O) groups excluding carboxylic acids is 1. The number of carbonyl (C=O) groups is 1. The van der Waals surface area contributed by atoms with Crippen LogP contribution in [0.3, 0.4) is 0 Å². The van der Waals surface area contributed by atoms with Crippen LogP contribution in [0.15, 0.2) is 42.6 Å². The van der Waals surface area contributed by atoms with Gasteiger partial charge in [0.2, 0.25) is 11.8 Å². The number of rotatable bonds is 12. The summed E-state index contributed by atoms with van der Waals surface area (Å²) in [6.07, 6.45) is 3.25. The number of anilines is 1. The number of nitrogens with one attached hydrogen (secondary N) is 1. The monoisotopic (exact) mass is 386 g/mol. The fraction of sp³-hybridized carbons (Fsp3) is 0.455. The molecule has 6 nitrogen and oxygen atoms in total. The second-order valence-corrected chi connectivity index (χ2v) is 6.74. The highest BCUT2D eigenvalue weighted by molar-refractivity contribution is 5.89. The summed E-state index contributed by atoms with van der Waals surface area (Å²) in [7, 11) is 0. The molecular formula is C22H30N2O4. The zero-order valence-corrected chi connectivity index (χ0v) is 16.9. The second kappa shape index (κ2) is 12.1. The van der Waals surface area contributed by atoms with Gasteiger partial charge in [0.15, 0.2) is 0 Å². The Morgan fingerprint density at radius 2 is 1.89 bits per heavy atom. The summed E-state index contributed by atoms with van der Waals surface area (Å²) in [5, 5.41) is 2.74. The number of ether oxygens (including phenoxy) is 3. The maximum atomic E-state index is 11.1. The molecule has 2 rings (SSSR count). The van der Waals surface area contributed by atoms with Crippen LogP contribution in [-0.2, 0) is 20.9 Å². The van der Waals surface area contributed by atoms with Crippen molar-refractivity contribution in [1.29, 1.82) is 0 Å². The topological polar surface area (TPSA) is 69.7 Å². The first-order valence-electron chi connectivity index (χ1n) is 9.65. The first-order chi connectivity index (χ1) is 13.5. The highest BCUT2D eigenvalue weighted by atomic mass is 16.5. The molecule has 0 spiro atoms. The molecule has 0 radical (unpaired) electrons. The molecule has 0 aliphatic rings. The van der Waals surface area contributed by atoms with Gasteiger partial charge in [0.1, 0.15) is 0 Å². The summed E-state index contributed by atoms with van der Waals surface area (Å²) in [4.78, 5) is 15.4. The van der Waals surface area contributed by atoms with Gasteiger partial charge in [0.25, 0.3) is 0 Å². The van der Waals surface area contributed by atoms with E-state index >= 15 is 0 Å². The Kier molecular flexibility index (Phi) is 9.45. The summed E-state index contributed by atoms with van der Waals surface area (Å²) >= 11 is 0. The van der Waals surface area contributed by atoms with Crippen LogP contribution in [0.2, 0.25) is 0 Å². The predicted molar refractivity (Wildman–Crippen MR) is 110 cm³/mol. The van der Waals surface area contributed by atoms with Gasteiger partial charge in [0.05, 0.1) is 31.2 Å². The molecule has 6 heteroatoms. The van der Waals surface area contributed by atoms with Crippen LogP contribution in [0.4, 0.5) is 5.69 Å². The van der Waals surface area contributed by atoms with E-state index in [4.69, 9.17) is 14.2 Å². The molecule has 1 N–H and O–H groups in total. The molecule has 0 saturated heterocycles. The van der Waals surface area contributed by atoms with Crippen LogP contribution in [0.5, 0.6) is 5.88 Å². The molecular weight excluding hydrogens is 356 g/mol. The summed E-state index contributed by atoms with van der Waals surface area (Å²) in [5.74, 6) is 0.433. The molecule has 152 valence electrons. The third-order valence-electron chi connectivity index (χ3n) is 4.08. The van der Waals surface area contributed by atoms with Crippen molar-refractivity contribution in [1.82, 2.24) is 4.98 Å². The van der Waals surface area contributed by atoms with E-state index in [0.717, 1.165) is 18.4 Å². The molecule has 0 aliphatic heterocycles. The van der Waals surface area contributed by atoms with Gasteiger partial charge >= 0.3 is 0 Å². The Hall–Kier alpha value is -2.44. The van der Waals surface area contributed by atoms with Crippen LogP contribution in [-0.4, -0.2) is 36.8 Å². The van der Waals surface area contributed by atoms with Crippen molar-refractivity contribution >= 4 is 11.6 Å². The van der Waals surface area contributed by atoms with E-state index in [2.05, 4.69) is 22.4 Å². The molecule has 0 bridgehead atoms. The van der Waals surface area contributed by atoms with Crippen molar-refractivity contribution in [2.45, 2.75) is 46.3 Å². The smallest absolute Gasteiger partial charge is 0.221 e. The van der Waals surface area contributed by atoms with Crippen molar-refractivity contribution < 1.29 is 19.0 Å². The van der Waals surface area contributed by atoms with E-state index in [1.54, 1.807) is 6.20 Å². The molecule has 1 aromatic heterocycles. The van der Waals surface area contributed by atoms with E-state index in [1.165, 1.54) is 12.5 Å². The molecule has 1 aromatic carbocycles. The first kappa shape index (κ1) is 21.9. The maximum absolute atomic E-state index is 11.1. The van der Waals surface area contributed by atoms with E-state index in [-0.39, 0.29) is 12.0 Å². The van der Waals surface area contributed by atoms with Gasteiger partial charge in [-0.15, -0.1) is 0 Å². The minimum absolute atomic E-state index is 0.00662. The van der Waals surface area contributed by atoms with E-state index < -0.39 is 0 Å². The average molecular weight is 386 g/mol. The molecule has 1 unspecified atom stereocenters. The Balaban J connectivity index is 1.54. The van der Waals surface area contributed by atoms with Crippen molar-refractivity contribution in [3.63, 3.8) is 0 Å². The van der Waals surface area contributed by atoms with Crippen molar-refractivity contribution in [2.75, 3.05) is 25.1 Å². The van der Waals surface area contributed by atoms with Crippen LogP contribution in [0.25, 0.3) is 0 Å². The normalized spacial score (nSPS) is 11.8. The fourth-order valence-electron chi connectivity index (χ4n) is 2.56. The highest BCUT2D eigenvalue weighted by Crippen LogP contribution is 2.19. The highest BCUT2D eigenvalue weighted by Gasteiger charge is 2.08. The number of nitrogens with zero attached hydrogens (tertiary/aromatic N) is 1. The van der Waals surface area contributed by atoms with Gasteiger partial charge in [0, 0.05) is 32.6 Å². The van der Waals surface area contributed by atoms with E-state index in [0.29, 0.717) is 38.0 Å². The van der Waals surface area contributed by atoms with Gasteiger partial charge in [-0.05, 0) is 31.4 Å². The number of aromatic nitrogens is 1. The third-order valence-corrected chi connectivity index (χ3v) is 4.08. The lowest BCUT2D eigenvalue weighted by Crippen LogP contribution is -2.16. The number of benzene rings is 1. The van der Waals surface area contributed by atoms with E-state index in [1.807, 2.05) is 38.1 Å². The number of amides is 1. The Labute approximate surface area is 167 Å². The van der Waals surface area contributed by atoms with Gasteiger partial charge in [-0.2, -0.15) is 0 Å². The summed E-state index contributed by atoms with van der Waals surface area (Å²) in [6.45, 7) is 8.00. The van der Waals surface area contributed by atoms with Crippen LogP contribution < -0.4 is 10.1 Å². The molecule has 0 saturated carbocycles. The fourth-order valence-corrected chi connectivity index (χ4v) is 2.56. The number of aryl methyl sites for hydroxylation is 1. The molecule has 1 heterocycles. The first-order valence-corrected chi connectivity index (χ1v) is 9.65. The quantitative estimate of drug-likeness (QED) is 0.556. The van der Waals surface area contributed by atoms with Crippen LogP contribution in [0, 0.1) is 6.92 Å². The van der Waals surface area contributed by atoms with Crippen LogP contribution >= 0.6 is 0 Å². The van der Waals surface area contributed by atoms with Crippen molar-refractivity contribution in [3.8, 4) is 5.88 Å². The minimum atomic E-state index is -0.116. The summed E-state index contributed by atoms with van der Waals surface area (Å²) in [5.41, 5.74) is 2.80. The van der Waals surface area contributed by atoms with Crippen molar-refractivity contribution in [2.24, 2.45) is 0 Å². The van der Waals surface area contributed by atoms with Gasteiger partial charge < -0.3 is 19.5 Å². The Morgan fingerprint density at radius 3 is 2.61 bits per heavy atom. The molecule has 1 amide bonds. The molecule has 0 fully saturated rings. The number of pyridine rings is 1. The Morgan fingerprint density at radius 1 is 1.14 bits per heavy atom. The summed E-state index contributed by atoms with van der Waals surface area (Å²) in [6, 6.07) is 12.0. The molecule has 2 aromatic rings. The average Bonchev–Trinajstić information content (AvgIpc) is 2.66. The second-order valence-electron chi connectivity index (χ2n) is 6.74. The largest absolute Gasteiger partial charge is 0.475 e. The zero-order chi connectivity index (χ0) is 20.2.